The largest absolute Gasteiger partial charge is 0.458 e. The van der Waals surface area contributed by atoms with Crippen LogP contribution in [0.2, 0.25) is 0 Å². The number of nitrogens with one attached hydrogen (secondary N) is 2. The molecule has 15 heavy (non-hydrogen) atoms. The fraction of sp³-hybridized carbons (Fsp3) is 0.500. The minimum Gasteiger partial charge on any atom is -0.458 e. The Kier molecular flexibility index (Phi) is 3.43. The Labute approximate surface area is 96.5 Å². The Morgan fingerprint density at radius 2 is 2.60 bits per heavy atom. The number of carbonyl (C=O) groups excluding carboxylic acids is 1. The first kappa shape index (κ1) is 10.7. The van der Waals surface area contributed by atoms with Gasteiger partial charge in [-0.25, -0.2) is 0 Å². The molecular formula is C10H13BrN2O2. The fourth-order valence-corrected chi connectivity index (χ4v) is 2.04. The van der Waals surface area contributed by atoms with Crippen LogP contribution in [-0.4, -0.2) is 25.5 Å². The van der Waals surface area contributed by atoms with E-state index in [9.17, 15) is 4.79 Å². The zero-order valence-corrected chi connectivity index (χ0v) is 9.84. The predicted octanol–water partition coefficient (Wildman–Crippen LogP) is 1.38. The molecule has 1 aromatic heterocycles. The monoisotopic (exact) mass is 272 g/mol. The average molecular weight is 273 g/mol. The standard InChI is InChI=1S/C10H13BrN2O2/c11-8-2-4-15-9(8)10(14)13-6-7-1-3-12-5-7/h2,4,7,12H,1,3,5-6H2,(H,13,14). The van der Waals surface area contributed by atoms with Crippen molar-refractivity contribution in [3.8, 4) is 0 Å². The number of carbonyl (C=O) groups is 1. The molecule has 1 amide bonds. The Bertz CT molecular complexity index is 345. The summed E-state index contributed by atoms with van der Waals surface area (Å²) in [6, 6.07) is 1.71. The Morgan fingerprint density at radius 1 is 1.73 bits per heavy atom. The Balaban J connectivity index is 1.84. The van der Waals surface area contributed by atoms with Crippen LogP contribution in [0.4, 0.5) is 0 Å². The highest BCUT2D eigenvalue weighted by molar-refractivity contribution is 9.10. The number of amides is 1. The molecule has 1 unspecified atom stereocenters. The van der Waals surface area contributed by atoms with Crippen molar-refractivity contribution in [2.75, 3.05) is 19.6 Å². The van der Waals surface area contributed by atoms with E-state index in [1.54, 1.807) is 6.07 Å². The van der Waals surface area contributed by atoms with Crippen LogP contribution >= 0.6 is 15.9 Å². The van der Waals surface area contributed by atoms with Gasteiger partial charge in [0, 0.05) is 6.54 Å². The van der Waals surface area contributed by atoms with Crippen LogP contribution in [-0.2, 0) is 0 Å². The summed E-state index contributed by atoms with van der Waals surface area (Å²) in [4.78, 5) is 11.6. The van der Waals surface area contributed by atoms with Crippen molar-refractivity contribution in [3.63, 3.8) is 0 Å². The van der Waals surface area contributed by atoms with E-state index in [2.05, 4.69) is 26.6 Å². The zero-order chi connectivity index (χ0) is 10.7. The molecule has 1 aliphatic rings. The van der Waals surface area contributed by atoms with Crippen LogP contribution in [0, 0.1) is 5.92 Å². The lowest BCUT2D eigenvalue weighted by Crippen LogP contribution is -2.30. The number of furan rings is 1. The lowest BCUT2D eigenvalue weighted by molar-refractivity contribution is 0.0919. The predicted molar refractivity (Wildman–Crippen MR) is 59.7 cm³/mol. The lowest BCUT2D eigenvalue weighted by atomic mass is 10.1. The summed E-state index contributed by atoms with van der Waals surface area (Å²) in [7, 11) is 0. The van der Waals surface area contributed by atoms with Gasteiger partial charge in [-0.3, -0.25) is 4.79 Å². The molecule has 5 heteroatoms. The number of halogens is 1. The van der Waals surface area contributed by atoms with E-state index in [0.717, 1.165) is 19.5 Å². The van der Waals surface area contributed by atoms with E-state index in [1.165, 1.54) is 6.26 Å². The summed E-state index contributed by atoms with van der Waals surface area (Å²) in [5.41, 5.74) is 0. The third-order valence-electron chi connectivity index (χ3n) is 2.54. The van der Waals surface area contributed by atoms with Crippen LogP contribution in [0.5, 0.6) is 0 Å². The molecule has 0 aliphatic carbocycles. The summed E-state index contributed by atoms with van der Waals surface area (Å²) in [5.74, 6) is 0.738. The van der Waals surface area contributed by atoms with Gasteiger partial charge in [-0.2, -0.15) is 0 Å². The van der Waals surface area contributed by atoms with Gasteiger partial charge in [0.1, 0.15) is 0 Å². The lowest BCUT2D eigenvalue weighted by Gasteiger charge is -2.08. The minimum absolute atomic E-state index is 0.154. The quantitative estimate of drug-likeness (QED) is 0.874. The highest BCUT2D eigenvalue weighted by Gasteiger charge is 2.18. The van der Waals surface area contributed by atoms with Crippen molar-refractivity contribution in [2.24, 2.45) is 5.92 Å². The van der Waals surface area contributed by atoms with Crippen molar-refractivity contribution in [3.05, 3.63) is 22.6 Å². The normalized spacial score (nSPS) is 20.5. The molecule has 4 nitrogen and oxygen atoms in total. The minimum atomic E-state index is -0.154. The molecule has 1 saturated heterocycles. The zero-order valence-electron chi connectivity index (χ0n) is 8.25. The van der Waals surface area contributed by atoms with E-state index in [0.29, 0.717) is 22.7 Å². The SMILES string of the molecule is O=C(NCC1CCNC1)c1occc1Br. The first-order valence-electron chi connectivity index (χ1n) is 4.99. The molecule has 2 N–H and O–H groups in total. The van der Waals surface area contributed by atoms with Gasteiger partial charge >= 0.3 is 0 Å². The van der Waals surface area contributed by atoms with Crippen LogP contribution in [0.3, 0.4) is 0 Å². The molecule has 1 aromatic rings. The smallest absolute Gasteiger partial charge is 0.288 e. The van der Waals surface area contributed by atoms with Gasteiger partial charge in [-0.1, -0.05) is 0 Å². The van der Waals surface area contributed by atoms with Gasteiger partial charge in [-0.05, 0) is 47.4 Å². The number of rotatable bonds is 3. The molecule has 0 radical (unpaired) electrons. The fourth-order valence-electron chi connectivity index (χ4n) is 1.66. The van der Waals surface area contributed by atoms with Crippen molar-refractivity contribution in [1.29, 1.82) is 0 Å². The topological polar surface area (TPSA) is 54.3 Å². The molecule has 0 bridgehead atoms. The third kappa shape index (κ3) is 2.60. The molecule has 1 aliphatic heterocycles. The van der Waals surface area contributed by atoms with Crippen molar-refractivity contribution in [1.82, 2.24) is 10.6 Å². The molecular weight excluding hydrogens is 260 g/mol. The summed E-state index contributed by atoms with van der Waals surface area (Å²) < 4.78 is 5.77. The second kappa shape index (κ2) is 4.81. The highest BCUT2D eigenvalue weighted by Crippen LogP contribution is 2.17. The second-order valence-corrected chi connectivity index (χ2v) is 4.52. The molecule has 0 saturated carbocycles. The molecule has 1 atom stereocenters. The molecule has 0 aromatic carbocycles. The van der Waals surface area contributed by atoms with Crippen LogP contribution in [0.1, 0.15) is 17.0 Å². The molecule has 0 spiro atoms. The maximum absolute atomic E-state index is 11.6. The van der Waals surface area contributed by atoms with Gasteiger partial charge in [0.2, 0.25) is 5.76 Å². The van der Waals surface area contributed by atoms with E-state index in [-0.39, 0.29) is 5.91 Å². The van der Waals surface area contributed by atoms with E-state index >= 15 is 0 Å². The highest BCUT2D eigenvalue weighted by atomic mass is 79.9. The van der Waals surface area contributed by atoms with Gasteiger partial charge in [0.25, 0.3) is 5.91 Å². The maximum Gasteiger partial charge on any atom is 0.288 e. The molecule has 1 fully saturated rings. The number of hydrogen-bond donors (Lipinski definition) is 2. The van der Waals surface area contributed by atoms with Gasteiger partial charge in [0.05, 0.1) is 10.7 Å². The van der Waals surface area contributed by atoms with E-state index < -0.39 is 0 Å². The summed E-state index contributed by atoms with van der Waals surface area (Å²) in [5, 5.41) is 6.12. The van der Waals surface area contributed by atoms with E-state index in [4.69, 9.17) is 4.42 Å². The van der Waals surface area contributed by atoms with Gasteiger partial charge < -0.3 is 15.1 Å². The number of hydrogen-bond acceptors (Lipinski definition) is 3. The maximum atomic E-state index is 11.6. The van der Waals surface area contributed by atoms with Crippen molar-refractivity contribution < 1.29 is 9.21 Å². The van der Waals surface area contributed by atoms with E-state index in [1.807, 2.05) is 0 Å². The third-order valence-corrected chi connectivity index (χ3v) is 3.16. The Hall–Kier alpha value is -0.810. The van der Waals surface area contributed by atoms with Crippen LogP contribution < -0.4 is 10.6 Å². The first-order chi connectivity index (χ1) is 7.27. The Morgan fingerprint density at radius 3 is 3.20 bits per heavy atom. The first-order valence-corrected chi connectivity index (χ1v) is 5.78. The van der Waals surface area contributed by atoms with Crippen LogP contribution in [0.15, 0.2) is 21.2 Å². The van der Waals surface area contributed by atoms with Crippen molar-refractivity contribution >= 4 is 21.8 Å². The molecule has 2 rings (SSSR count). The second-order valence-electron chi connectivity index (χ2n) is 3.67. The van der Waals surface area contributed by atoms with Crippen molar-refractivity contribution in [2.45, 2.75) is 6.42 Å². The summed E-state index contributed by atoms with van der Waals surface area (Å²) in [6.07, 6.45) is 2.62. The average Bonchev–Trinajstić information content (AvgIpc) is 2.84. The van der Waals surface area contributed by atoms with Gasteiger partial charge in [-0.15, -0.1) is 0 Å². The molecule has 2 heterocycles. The summed E-state index contributed by atoms with van der Waals surface area (Å²) in [6.45, 7) is 2.74. The van der Waals surface area contributed by atoms with Gasteiger partial charge in [0.15, 0.2) is 0 Å². The summed E-state index contributed by atoms with van der Waals surface area (Å²) >= 11 is 3.25. The van der Waals surface area contributed by atoms with Crippen LogP contribution in [0.25, 0.3) is 0 Å². The molecule has 82 valence electrons.